The van der Waals surface area contributed by atoms with Crippen molar-refractivity contribution in [3.05, 3.63) is 0 Å². The average Bonchev–Trinajstić information content (AvgIpc) is 2.02. The van der Waals surface area contributed by atoms with Gasteiger partial charge in [-0.2, -0.15) is 0 Å². The highest BCUT2D eigenvalue weighted by atomic mass is 33.1. The Morgan fingerprint density at radius 2 is 1.58 bits per heavy atom. The molecule has 12 heavy (non-hydrogen) atoms. The van der Waals surface area contributed by atoms with Crippen molar-refractivity contribution < 1.29 is 5.11 Å². The van der Waals surface area contributed by atoms with E-state index in [1.54, 1.807) is 0 Å². The Labute approximate surface area is 84.4 Å². The molecule has 0 aliphatic rings. The maximum atomic E-state index is 9.23. The molecule has 0 aromatic carbocycles. The van der Waals surface area contributed by atoms with Crippen molar-refractivity contribution >= 4 is 45.1 Å². The molecule has 3 nitrogen and oxygen atoms in total. The highest BCUT2D eigenvalue weighted by Gasteiger charge is 2.24. The van der Waals surface area contributed by atoms with Gasteiger partial charge in [-0.25, -0.2) is 0 Å². The Kier molecular flexibility index (Phi) is 5.17. The summed E-state index contributed by atoms with van der Waals surface area (Å²) in [7, 11) is 18.1. The second-order valence-corrected chi connectivity index (χ2v) is 5.18. The van der Waals surface area contributed by atoms with E-state index in [0.717, 1.165) is 21.6 Å². The molecule has 1 atom stereocenters. The minimum atomic E-state index is -1.51. The topological polar surface area (TPSA) is 72.3 Å². The van der Waals surface area contributed by atoms with Gasteiger partial charge >= 0.3 is 0 Å². The van der Waals surface area contributed by atoms with Gasteiger partial charge in [0.05, 0.1) is 20.5 Å². The summed E-state index contributed by atoms with van der Waals surface area (Å²) >= 11 is 0. The lowest BCUT2D eigenvalue weighted by Crippen LogP contribution is -2.38. The Balaban J connectivity index is 3.82. The van der Waals surface area contributed by atoms with Gasteiger partial charge in [-0.1, -0.05) is 10.8 Å². The van der Waals surface area contributed by atoms with Gasteiger partial charge in [0, 0.05) is 6.54 Å². The lowest BCUT2D eigenvalue weighted by Gasteiger charge is -2.28. The van der Waals surface area contributed by atoms with Crippen molar-refractivity contribution in [2.45, 2.75) is 9.38 Å². The van der Waals surface area contributed by atoms with Gasteiger partial charge in [0.15, 0.2) is 0 Å². The molecule has 6 radical (unpaired) electrons. The quantitative estimate of drug-likeness (QED) is 0.273. The van der Waals surface area contributed by atoms with Crippen LogP contribution in [0.15, 0.2) is 0 Å². The van der Waals surface area contributed by atoms with Gasteiger partial charge < -0.3 is 16.6 Å². The van der Waals surface area contributed by atoms with Crippen LogP contribution in [0.4, 0.5) is 0 Å². The molecule has 0 bridgehead atoms. The Hall–Kier alpha value is 0.775. The van der Waals surface area contributed by atoms with E-state index >= 15 is 0 Å². The zero-order valence-corrected chi connectivity index (χ0v) is 8.20. The van der Waals surface area contributed by atoms with Crippen LogP contribution in [0, 0.1) is 0 Å². The largest absolute Gasteiger partial charge is 0.387 e. The molecule has 1 unspecified atom stereocenters. The van der Waals surface area contributed by atoms with E-state index in [9.17, 15) is 5.11 Å². The molecule has 5 N–H and O–H groups in total. The van der Waals surface area contributed by atoms with E-state index in [1.165, 1.54) is 0 Å². The standard InChI is InChI=1S/C4H9B3N2OS2/c5-3(6,1-8)11-12-4(7,10)2-9/h10H,1-2,8-9H2. The Bertz CT molecular complexity index is 130. The summed E-state index contributed by atoms with van der Waals surface area (Å²) in [4.78, 5) is -1.51. The van der Waals surface area contributed by atoms with E-state index in [-0.39, 0.29) is 13.1 Å². The van der Waals surface area contributed by atoms with Gasteiger partial charge in [-0.3, -0.25) is 0 Å². The first kappa shape index (κ1) is 12.8. The second-order valence-electron chi connectivity index (χ2n) is 2.37. The molecule has 0 saturated heterocycles. The monoisotopic (exact) mass is 198 g/mol. The van der Waals surface area contributed by atoms with Gasteiger partial charge in [0.1, 0.15) is 7.85 Å². The number of hydrogen-bond donors (Lipinski definition) is 3. The molecule has 0 heterocycles. The van der Waals surface area contributed by atoms with E-state index in [0.29, 0.717) is 0 Å². The first-order valence-electron chi connectivity index (χ1n) is 3.19. The predicted molar refractivity (Wildman–Crippen MR) is 58.2 cm³/mol. The molecule has 62 valence electrons. The van der Waals surface area contributed by atoms with Crippen molar-refractivity contribution in [2.24, 2.45) is 11.5 Å². The number of rotatable bonds is 5. The summed E-state index contributed by atoms with van der Waals surface area (Å²) in [6.45, 7) is 0.0106. The molecular weight excluding hydrogens is 189 g/mol. The molecule has 0 amide bonds. The highest BCUT2D eigenvalue weighted by Crippen LogP contribution is 2.37. The zero-order valence-electron chi connectivity index (χ0n) is 6.56. The van der Waals surface area contributed by atoms with E-state index in [4.69, 9.17) is 35.0 Å². The SMILES string of the molecule is [B]C([B])(CN)SSC([B])(O)CN. The lowest BCUT2D eigenvalue weighted by atomic mass is 9.70. The van der Waals surface area contributed by atoms with Gasteiger partial charge in [-0.05, 0) is 11.1 Å². The molecule has 8 heteroatoms. The summed E-state index contributed by atoms with van der Waals surface area (Å²) in [5.41, 5.74) is 10.4. The van der Waals surface area contributed by atoms with Gasteiger partial charge in [-0.15, -0.1) is 10.8 Å². The second kappa shape index (κ2) is 4.86. The van der Waals surface area contributed by atoms with Gasteiger partial charge in [0.25, 0.3) is 0 Å². The minimum Gasteiger partial charge on any atom is -0.387 e. The van der Waals surface area contributed by atoms with Crippen molar-refractivity contribution in [1.82, 2.24) is 0 Å². The maximum absolute atomic E-state index is 9.23. The van der Waals surface area contributed by atoms with E-state index in [2.05, 4.69) is 0 Å². The highest BCUT2D eigenvalue weighted by molar-refractivity contribution is 8.78. The first-order valence-corrected chi connectivity index (χ1v) is 5.34. The Morgan fingerprint density at radius 1 is 1.08 bits per heavy atom. The van der Waals surface area contributed by atoms with Crippen molar-refractivity contribution in [1.29, 1.82) is 0 Å². The Morgan fingerprint density at radius 3 is 1.92 bits per heavy atom. The van der Waals surface area contributed by atoms with Crippen molar-refractivity contribution in [2.75, 3.05) is 13.1 Å². The third kappa shape index (κ3) is 5.43. The maximum Gasteiger partial charge on any atom is 0.131 e. The molecule has 0 rings (SSSR count). The van der Waals surface area contributed by atoms with Crippen molar-refractivity contribution in [3.8, 4) is 0 Å². The van der Waals surface area contributed by atoms with Gasteiger partial charge in [0.2, 0.25) is 0 Å². The lowest BCUT2D eigenvalue weighted by molar-refractivity contribution is 0.232. The fraction of sp³-hybridized carbons (Fsp3) is 1.00. The molecule has 0 aliphatic heterocycles. The fourth-order valence-electron chi connectivity index (χ4n) is 0.218. The van der Waals surface area contributed by atoms with Crippen LogP contribution < -0.4 is 11.5 Å². The summed E-state index contributed by atoms with van der Waals surface area (Å²) in [5, 5.41) is 9.23. The average molecular weight is 198 g/mol. The summed E-state index contributed by atoms with van der Waals surface area (Å²) in [6, 6.07) is 0. The van der Waals surface area contributed by atoms with Crippen LogP contribution in [0.1, 0.15) is 0 Å². The summed E-state index contributed by atoms with van der Waals surface area (Å²) in [6.07, 6.45) is 0. The number of aliphatic hydroxyl groups is 1. The van der Waals surface area contributed by atoms with Crippen LogP contribution in [0.2, 0.25) is 0 Å². The third-order valence-electron chi connectivity index (χ3n) is 0.953. The molecular formula is C4H9B3N2OS2. The number of nitrogens with two attached hydrogens (primary N) is 2. The first-order chi connectivity index (χ1) is 5.33. The molecule has 0 saturated carbocycles. The van der Waals surface area contributed by atoms with E-state index < -0.39 is 9.38 Å². The third-order valence-corrected chi connectivity index (χ3v) is 4.01. The van der Waals surface area contributed by atoms with Crippen LogP contribution >= 0.6 is 21.6 Å². The molecule has 0 aromatic heterocycles. The smallest absolute Gasteiger partial charge is 0.131 e. The predicted octanol–water partition coefficient (Wildman–Crippen LogP) is -1.91. The number of hydrogen-bond acceptors (Lipinski definition) is 5. The van der Waals surface area contributed by atoms with Crippen molar-refractivity contribution in [3.63, 3.8) is 0 Å². The molecule has 0 fully saturated rings. The van der Waals surface area contributed by atoms with Crippen LogP contribution in [0.25, 0.3) is 0 Å². The minimum absolute atomic E-state index is 0.0781. The normalized spacial score (nSPS) is 17.2. The zero-order chi connectivity index (χ0) is 9.83. The van der Waals surface area contributed by atoms with Crippen LogP contribution in [-0.4, -0.2) is 51.1 Å². The van der Waals surface area contributed by atoms with E-state index in [1.807, 2.05) is 0 Å². The molecule has 0 aromatic rings. The van der Waals surface area contributed by atoms with Crippen LogP contribution in [0.5, 0.6) is 0 Å². The summed E-state index contributed by atoms with van der Waals surface area (Å²) in [5.74, 6) is 0. The fourth-order valence-corrected chi connectivity index (χ4v) is 1.96. The van der Waals surface area contributed by atoms with Crippen LogP contribution in [0.3, 0.4) is 0 Å². The van der Waals surface area contributed by atoms with Crippen LogP contribution in [-0.2, 0) is 0 Å². The molecule has 0 spiro atoms. The molecule has 0 aliphatic carbocycles. The summed E-state index contributed by atoms with van der Waals surface area (Å²) < 4.78 is -1.09.